The molecule has 1 aromatic rings. The largest absolute Gasteiger partial charge is 0.431 e. The van der Waals surface area contributed by atoms with Crippen molar-refractivity contribution in [2.45, 2.75) is 25.7 Å². The van der Waals surface area contributed by atoms with Gasteiger partial charge in [0.1, 0.15) is 11.5 Å². The summed E-state index contributed by atoms with van der Waals surface area (Å²) >= 11 is 0. The molecule has 144 valence electrons. The normalized spacial score (nSPS) is 22.0. The van der Waals surface area contributed by atoms with Crippen molar-refractivity contribution in [2.75, 3.05) is 0 Å². The number of aliphatic imine (C=N–C) groups is 2. The minimum atomic E-state index is -4.80. The zero-order chi connectivity index (χ0) is 20.4. The number of amidine groups is 1. The Morgan fingerprint density at radius 2 is 1.89 bits per heavy atom. The molecular weight excluding hydrogens is 378 g/mol. The number of guanidine groups is 1. The maximum atomic E-state index is 13.0. The molecule has 2 rings (SSSR count). The van der Waals surface area contributed by atoms with Crippen molar-refractivity contribution in [1.82, 2.24) is 5.43 Å². The van der Waals surface area contributed by atoms with Gasteiger partial charge in [0, 0.05) is 12.3 Å². The zero-order valence-corrected chi connectivity index (χ0v) is 13.7. The topological polar surface area (TPSA) is 98.9 Å². The molecule has 1 heterocycles. The summed E-state index contributed by atoms with van der Waals surface area (Å²) in [7, 11) is 0. The van der Waals surface area contributed by atoms with E-state index in [9.17, 15) is 26.3 Å². The molecule has 0 radical (unpaired) electrons. The predicted octanol–water partition coefficient (Wildman–Crippen LogP) is 3.47. The van der Waals surface area contributed by atoms with Gasteiger partial charge in [0.25, 0.3) is 0 Å². The predicted molar refractivity (Wildman–Crippen MR) is 85.3 cm³/mol. The number of benzene rings is 1. The highest BCUT2D eigenvalue weighted by Gasteiger charge is 2.38. The molecule has 0 unspecified atom stereocenters. The first-order valence-electron chi connectivity index (χ1n) is 7.35. The van der Waals surface area contributed by atoms with Crippen molar-refractivity contribution < 1.29 is 26.3 Å². The van der Waals surface area contributed by atoms with Crippen LogP contribution in [0.25, 0.3) is 0 Å². The molecule has 6 nitrogen and oxygen atoms in total. The lowest BCUT2D eigenvalue weighted by Crippen LogP contribution is -2.37. The van der Waals surface area contributed by atoms with Crippen LogP contribution in [-0.2, 0) is 6.18 Å². The fourth-order valence-electron chi connectivity index (χ4n) is 2.19. The Hall–Kier alpha value is -3.10. The minimum Gasteiger partial charge on any atom is -0.368 e. The second-order valence-electron chi connectivity index (χ2n) is 5.58. The van der Waals surface area contributed by atoms with E-state index in [1.165, 1.54) is 13.0 Å². The molecular formula is C15H12F6N6. The molecule has 1 aliphatic heterocycles. The van der Waals surface area contributed by atoms with Crippen molar-refractivity contribution in [3.63, 3.8) is 0 Å². The van der Waals surface area contributed by atoms with Crippen LogP contribution in [0.1, 0.15) is 24.5 Å². The van der Waals surface area contributed by atoms with Gasteiger partial charge in [-0.1, -0.05) is 6.92 Å². The average molecular weight is 390 g/mol. The molecule has 3 N–H and O–H groups in total. The molecule has 0 fully saturated rings. The molecule has 27 heavy (non-hydrogen) atoms. The number of alkyl halides is 6. The van der Waals surface area contributed by atoms with Crippen LogP contribution in [0, 0.1) is 17.2 Å². The lowest BCUT2D eigenvalue weighted by molar-refractivity contribution is -0.137. The summed E-state index contributed by atoms with van der Waals surface area (Å²) in [5.41, 5.74) is 4.14. The zero-order valence-electron chi connectivity index (χ0n) is 13.7. The fourth-order valence-corrected chi connectivity index (χ4v) is 2.19. The highest BCUT2D eigenvalue weighted by Crippen LogP contribution is 2.34. The number of nitrogens with one attached hydrogen (secondary N) is 1. The van der Waals surface area contributed by atoms with Gasteiger partial charge in [-0.25, -0.2) is 10.4 Å². The molecule has 1 atom stereocenters. The molecule has 0 saturated heterocycles. The summed E-state index contributed by atoms with van der Waals surface area (Å²) in [5.74, 6) is -1.64. The Morgan fingerprint density at radius 3 is 2.44 bits per heavy atom. The van der Waals surface area contributed by atoms with E-state index in [0.29, 0.717) is 6.07 Å². The second kappa shape index (κ2) is 7.26. The first-order chi connectivity index (χ1) is 12.4. The fraction of sp³-hybridized carbons (Fsp3) is 0.333. The van der Waals surface area contributed by atoms with Gasteiger partial charge in [0.05, 0.1) is 22.9 Å². The first-order valence-corrected chi connectivity index (χ1v) is 7.35. The molecule has 12 heteroatoms. The van der Waals surface area contributed by atoms with Crippen LogP contribution in [0.15, 0.2) is 33.3 Å². The number of hydrazone groups is 1. The van der Waals surface area contributed by atoms with E-state index in [2.05, 4.69) is 15.1 Å². The van der Waals surface area contributed by atoms with Crippen LogP contribution in [0.4, 0.5) is 32.0 Å². The third kappa shape index (κ3) is 4.96. The standard InChI is InChI=1S/C15H12F6N6/c1-7-4-11(15(19,20)21)26-27-13(23)25-12(7)24-9-3-2-8(6-22)10(5-9)14(16,17)18/h2-3,5,7H,4H2,1H3,(H3,23,24,25,27)/b26-11+/t7-/m1/s1. The van der Waals surface area contributed by atoms with Crippen LogP contribution in [0.3, 0.4) is 0 Å². The number of nitrogens with two attached hydrogens (primary N) is 1. The summed E-state index contributed by atoms with van der Waals surface area (Å²) in [6.07, 6.45) is -10.1. The Bertz CT molecular complexity index is 859. The van der Waals surface area contributed by atoms with Crippen molar-refractivity contribution in [2.24, 2.45) is 26.7 Å². The smallest absolute Gasteiger partial charge is 0.368 e. The molecule has 0 aromatic heterocycles. The van der Waals surface area contributed by atoms with Crippen molar-refractivity contribution in [3.05, 3.63) is 29.3 Å². The molecule has 0 amide bonds. The van der Waals surface area contributed by atoms with Gasteiger partial charge in [-0.05, 0) is 18.2 Å². The number of rotatable bonds is 1. The first kappa shape index (κ1) is 20.2. The van der Waals surface area contributed by atoms with Crippen LogP contribution >= 0.6 is 0 Å². The molecule has 0 aliphatic carbocycles. The van der Waals surface area contributed by atoms with Crippen molar-refractivity contribution in [1.29, 1.82) is 5.26 Å². The van der Waals surface area contributed by atoms with Crippen molar-refractivity contribution in [3.8, 4) is 6.07 Å². The third-order valence-corrected chi connectivity index (χ3v) is 3.48. The Morgan fingerprint density at radius 1 is 1.22 bits per heavy atom. The monoisotopic (exact) mass is 390 g/mol. The second-order valence-corrected chi connectivity index (χ2v) is 5.58. The highest BCUT2D eigenvalue weighted by molar-refractivity contribution is 6.02. The number of nitrogens with zero attached hydrogens (tertiary/aromatic N) is 4. The van der Waals surface area contributed by atoms with Gasteiger partial charge in [0.2, 0.25) is 5.96 Å². The van der Waals surface area contributed by atoms with E-state index < -0.39 is 47.5 Å². The Kier molecular flexibility index (Phi) is 5.43. The number of hydrogen-bond acceptors (Lipinski definition) is 5. The van der Waals surface area contributed by atoms with Crippen LogP contribution in [0.5, 0.6) is 0 Å². The maximum absolute atomic E-state index is 13.0. The number of hydrogen-bond donors (Lipinski definition) is 2. The van der Waals surface area contributed by atoms with E-state index >= 15 is 0 Å². The number of nitriles is 1. The van der Waals surface area contributed by atoms with Gasteiger partial charge in [-0.2, -0.15) is 41.7 Å². The molecule has 1 aromatic carbocycles. The van der Waals surface area contributed by atoms with Crippen LogP contribution in [-0.4, -0.2) is 23.7 Å². The Balaban J connectivity index is 2.48. The summed E-state index contributed by atoms with van der Waals surface area (Å²) in [6, 6.07) is 4.09. The lowest BCUT2D eigenvalue weighted by atomic mass is 10.0. The van der Waals surface area contributed by atoms with Gasteiger partial charge < -0.3 is 5.73 Å². The Labute approximate surface area is 149 Å². The third-order valence-electron chi connectivity index (χ3n) is 3.48. The highest BCUT2D eigenvalue weighted by atomic mass is 19.4. The summed E-state index contributed by atoms with van der Waals surface area (Å²) in [5, 5.41) is 11.9. The summed E-state index contributed by atoms with van der Waals surface area (Å²) in [4.78, 5) is 7.67. The quantitative estimate of drug-likeness (QED) is 0.719. The minimum absolute atomic E-state index is 0.213. The van der Waals surface area contributed by atoms with E-state index in [0.717, 1.165) is 12.1 Å². The molecule has 0 saturated carbocycles. The molecule has 0 spiro atoms. The SMILES string of the molecule is C[C@@H]1C/C(C(F)(F)F)=N\NC(N)=NC1=Nc1ccc(C#N)c(C(F)(F)F)c1. The van der Waals surface area contributed by atoms with Crippen LogP contribution in [0.2, 0.25) is 0 Å². The van der Waals surface area contributed by atoms with E-state index in [1.807, 2.05) is 5.43 Å². The average Bonchev–Trinajstić information content (AvgIpc) is 2.54. The van der Waals surface area contributed by atoms with E-state index in [-0.39, 0.29) is 11.5 Å². The molecule has 0 bridgehead atoms. The van der Waals surface area contributed by atoms with Gasteiger partial charge >= 0.3 is 12.4 Å². The maximum Gasteiger partial charge on any atom is 0.431 e. The van der Waals surface area contributed by atoms with Crippen LogP contribution < -0.4 is 11.2 Å². The van der Waals surface area contributed by atoms with Gasteiger partial charge in [-0.15, -0.1) is 0 Å². The van der Waals surface area contributed by atoms with Gasteiger partial charge in [-0.3, -0.25) is 0 Å². The van der Waals surface area contributed by atoms with E-state index in [1.54, 1.807) is 0 Å². The lowest BCUT2D eigenvalue weighted by Gasteiger charge is -2.18. The summed E-state index contributed by atoms with van der Waals surface area (Å²) in [6.45, 7) is 1.36. The van der Waals surface area contributed by atoms with Gasteiger partial charge in [0.15, 0.2) is 0 Å². The number of halogens is 6. The van der Waals surface area contributed by atoms with Crippen molar-refractivity contribution >= 4 is 23.2 Å². The van der Waals surface area contributed by atoms with E-state index in [4.69, 9.17) is 11.0 Å². The summed E-state index contributed by atoms with van der Waals surface area (Å²) < 4.78 is 77.9. The molecule has 1 aliphatic rings.